The third-order valence-corrected chi connectivity index (χ3v) is 3.96. The molecular formula is C17H38. The largest absolute Gasteiger partial charge is 0.0683 e. The molecule has 1 aliphatic carbocycles. The molecule has 0 bridgehead atoms. The van der Waals surface area contributed by atoms with Crippen LogP contribution in [0.2, 0.25) is 0 Å². The van der Waals surface area contributed by atoms with E-state index >= 15 is 0 Å². The van der Waals surface area contributed by atoms with Gasteiger partial charge in [-0.05, 0) is 36.0 Å². The van der Waals surface area contributed by atoms with E-state index in [-0.39, 0.29) is 0 Å². The molecule has 1 fully saturated rings. The fourth-order valence-electron chi connectivity index (χ4n) is 3.41. The van der Waals surface area contributed by atoms with Crippen LogP contribution in [0.3, 0.4) is 0 Å². The summed E-state index contributed by atoms with van der Waals surface area (Å²) in [6.07, 6.45) is 7.06. The SMILES string of the molecule is CC.CC.CCC1CC(C)(C)CC(C)(CC)C1. The summed E-state index contributed by atoms with van der Waals surface area (Å²) >= 11 is 0. The Morgan fingerprint density at radius 1 is 0.882 bits per heavy atom. The van der Waals surface area contributed by atoms with Crippen molar-refractivity contribution in [3.05, 3.63) is 0 Å². The Bertz CT molecular complexity index is 169. The molecule has 106 valence electrons. The van der Waals surface area contributed by atoms with Crippen molar-refractivity contribution in [3.8, 4) is 0 Å². The third-order valence-electron chi connectivity index (χ3n) is 3.96. The van der Waals surface area contributed by atoms with Crippen LogP contribution in [-0.4, -0.2) is 0 Å². The second kappa shape index (κ2) is 9.00. The van der Waals surface area contributed by atoms with Crippen LogP contribution in [0.15, 0.2) is 0 Å². The lowest BCUT2D eigenvalue weighted by atomic mass is 9.59. The summed E-state index contributed by atoms with van der Waals surface area (Å²) in [5.41, 5.74) is 1.21. The van der Waals surface area contributed by atoms with E-state index in [2.05, 4.69) is 34.6 Å². The molecule has 0 aromatic heterocycles. The average Bonchev–Trinajstić information content (AvgIpc) is 2.32. The zero-order chi connectivity index (χ0) is 14.1. The normalized spacial score (nSPS) is 30.5. The van der Waals surface area contributed by atoms with Crippen LogP contribution in [0.25, 0.3) is 0 Å². The van der Waals surface area contributed by atoms with Gasteiger partial charge in [0.25, 0.3) is 0 Å². The van der Waals surface area contributed by atoms with Gasteiger partial charge >= 0.3 is 0 Å². The minimum absolute atomic E-state index is 0.587. The van der Waals surface area contributed by atoms with Crippen molar-refractivity contribution in [3.63, 3.8) is 0 Å². The quantitative estimate of drug-likeness (QED) is 0.506. The highest BCUT2D eigenvalue weighted by molar-refractivity contribution is 4.90. The molecule has 0 N–H and O–H groups in total. The first kappa shape index (κ1) is 19.3. The Balaban J connectivity index is 0. The molecule has 0 aliphatic heterocycles. The van der Waals surface area contributed by atoms with Crippen LogP contribution in [-0.2, 0) is 0 Å². The number of hydrogen-bond donors (Lipinski definition) is 0. The Morgan fingerprint density at radius 3 is 1.71 bits per heavy atom. The first-order chi connectivity index (χ1) is 7.91. The topological polar surface area (TPSA) is 0 Å². The fraction of sp³-hybridized carbons (Fsp3) is 1.00. The van der Waals surface area contributed by atoms with E-state index in [1.807, 2.05) is 27.7 Å². The van der Waals surface area contributed by atoms with Crippen LogP contribution in [0.5, 0.6) is 0 Å². The van der Waals surface area contributed by atoms with Crippen molar-refractivity contribution in [2.45, 2.75) is 94.4 Å². The smallest absolute Gasteiger partial charge is 0.0321 e. The summed E-state index contributed by atoms with van der Waals surface area (Å²) in [4.78, 5) is 0. The summed E-state index contributed by atoms with van der Waals surface area (Å²) in [6, 6.07) is 0. The van der Waals surface area contributed by atoms with Crippen molar-refractivity contribution >= 4 is 0 Å². The highest BCUT2D eigenvalue weighted by atomic mass is 14.4. The van der Waals surface area contributed by atoms with E-state index < -0.39 is 0 Å². The molecule has 0 radical (unpaired) electrons. The Labute approximate surface area is 112 Å². The van der Waals surface area contributed by atoms with Crippen LogP contribution < -0.4 is 0 Å². The predicted octanol–water partition coefficient (Wildman–Crippen LogP) is 6.69. The molecular weight excluding hydrogens is 204 g/mol. The van der Waals surface area contributed by atoms with Crippen LogP contribution in [0.1, 0.15) is 94.4 Å². The van der Waals surface area contributed by atoms with Crippen molar-refractivity contribution in [1.29, 1.82) is 0 Å². The van der Waals surface area contributed by atoms with Gasteiger partial charge in [0.2, 0.25) is 0 Å². The van der Waals surface area contributed by atoms with Gasteiger partial charge in [0.05, 0.1) is 0 Å². The van der Waals surface area contributed by atoms with Gasteiger partial charge in [-0.1, -0.05) is 75.2 Å². The van der Waals surface area contributed by atoms with Crippen molar-refractivity contribution in [2.24, 2.45) is 16.7 Å². The molecule has 0 heterocycles. The van der Waals surface area contributed by atoms with Gasteiger partial charge < -0.3 is 0 Å². The van der Waals surface area contributed by atoms with E-state index in [1.54, 1.807) is 0 Å². The van der Waals surface area contributed by atoms with Crippen LogP contribution >= 0.6 is 0 Å². The molecule has 0 heteroatoms. The minimum Gasteiger partial charge on any atom is -0.0683 e. The minimum atomic E-state index is 0.587. The van der Waals surface area contributed by atoms with Crippen LogP contribution in [0, 0.1) is 16.7 Å². The molecule has 1 aliphatic rings. The van der Waals surface area contributed by atoms with E-state index in [1.165, 1.54) is 32.1 Å². The maximum Gasteiger partial charge on any atom is -0.0321 e. The summed E-state index contributed by atoms with van der Waals surface area (Å²) in [5, 5.41) is 0. The van der Waals surface area contributed by atoms with Crippen LogP contribution in [0.4, 0.5) is 0 Å². The van der Waals surface area contributed by atoms with Gasteiger partial charge in [0.1, 0.15) is 0 Å². The summed E-state index contributed by atoms with van der Waals surface area (Å²) in [6.45, 7) is 20.1. The zero-order valence-corrected chi connectivity index (χ0v) is 14.1. The van der Waals surface area contributed by atoms with E-state index in [0.29, 0.717) is 10.8 Å². The highest BCUT2D eigenvalue weighted by Gasteiger charge is 2.39. The lowest BCUT2D eigenvalue weighted by Gasteiger charge is -2.46. The lowest BCUT2D eigenvalue weighted by molar-refractivity contribution is 0.0496. The Hall–Kier alpha value is 0. The third kappa shape index (κ3) is 7.11. The van der Waals surface area contributed by atoms with Gasteiger partial charge in [0, 0.05) is 0 Å². The molecule has 0 aromatic rings. The van der Waals surface area contributed by atoms with Gasteiger partial charge in [-0.3, -0.25) is 0 Å². The molecule has 0 spiro atoms. The molecule has 2 unspecified atom stereocenters. The average molecular weight is 242 g/mol. The molecule has 1 rings (SSSR count). The Morgan fingerprint density at radius 2 is 1.35 bits per heavy atom. The molecule has 17 heavy (non-hydrogen) atoms. The first-order valence-corrected chi connectivity index (χ1v) is 7.91. The van der Waals surface area contributed by atoms with Crippen molar-refractivity contribution in [2.75, 3.05) is 0 Å². The highest BCUT2D eigenvalue weighted by Crippen LogP contribution is 2.50. The molecule has 0 amide bonds. The van der Waals surface area contributed by atoms with Crippen molar-refractivity contribution < 1.29 is 0 Å². The summed E-state index contributed by atoms with van der Waals surface area (Å²) in [7, 11) is 0. The summed E-state index contributed by atoms with van der Waals surface area (Å²) in [5.74, 6) is 0.980. The molecule has 0 aromatic carbocycles. The van der Waals surface area contributed by atoms with Gasteiger partial charge in [-0.2, -0.15) is 0 Å². The molecule has 1 saturated carbocycles. The van der Waals surface area contributed by atoms with Gasteiger partial charge in [0.15, 0.2) is 0 Å². The van der Waals surface area contributed by atoms with E-state index in [0.717, 1.165) is 5.92 Å². The molecule has 2 atom stereocenters. The first-order valence-electron chi connectivity index (χ1n) is 7.91. The maximum absolute atomic E-state index is 2.48. The Kier molecular flexibility index (Phi) is 10.2. The fourth-order valence-corrected chi connectivity index (χ4v) is 3.41. The second-order valence-electron chi connectivity index (χ2n) is 6.19. The summed E-state index contributed by atoms with van der Waals surface area (Å²) < 4.78 is 0. The van der Waals surface area contributed by atoms with Gasteiger partial charge in [-0.25, -0.2) is 0 Å². The molecule has 0 saturated heterocycles. The van der Waals surface area contributed by atoms with E-state index in [9.17, 15) is 0 Å². The maximum atomic E-state index is 2.48. The van der Waals surface area contributed by atoms with Crippen molar-refractivity contribution in [1.82, 2.24) is 0 Å². The van der Waals surface area contributed by atoms with E-state index in [4.69, 9.17) is 0 Å². The van der Waals surface area contributed by atoms with Gasteiger partial charge in [-0.15, -0.1) is 0 Å². The lowest BCUT2D eigenvalue weighted by Crippen LogP contribution is -2.35. The standard InChI is InChI=1S/C13H26.2C2H6/c1-6-11-8-12(3,4)10-13(5,7-2)9-11;2*1-2/h11H,6-10H2,1-5H3;2*1-2H3. The zero-order valence-electron chi connectivity index (χ0n) is 14.1. The number of hydrogen-bond acceptors (Lipinski definition) is 0. The molecule has 0 nitrogen and oxygen atoms in total. The monoisotopic (exact) mass is 242 g/mol. The number of rotatable bonds is 2. The predicted molar refractivity (Wildman–Crippen MR) is 82.5 cm³/mol. The second-order valence-corrected chi connectivity index (χ2v) is 6.19.